The maximum absolute atomic E-state index is 14.0. The zero-order valence-corrected chi connectivity index (χ0v) is 21.0. The number of likely N-dealkylation sites (N-methyl/N-ethyl adjacent to an activating group) is 1. The van der Waals surface area contributed by atoms with Crippen molar-refractivity contribution >= 4 is 38.7 Å². The van der Waals surface area contributed by atoms with E-state index in [0.717, 1.165) is 49.8 Å². The molecule has 0 fully saturated rings. The Morgan fingerprint density at radius 3 is 2.69 bits per heavy atom. The Bertz CT molecular complexity index is 1390. The summed E-state index contributed by atoms with van der Waals surface area (Å²) in [6, 6.07) is 8.85. The molecule has 0 atom stereocenters. The number of hydrogen-bond donors (Lipinski definition) is 1. The Balaban J connectivity index is 1.74. The number of aromatic nitrogens is 1. The Kier molecular flexibility index (Phi) is 7.28. The number of fused-ring (bicyclic) bond motifs is 3. The molecule has 0 saturated carbocycles. The van der Waals surface area contributed by atoms with Gasteiger partial charge in [-0.1, -0.05) is 26.0 Å². The van der Waals surface area contributed by atoms with Crippen LogP contribution in [0.25, 0.3) is 17.0 Å². The topological polar surface area (TPSA) is 80.6 Å². The van der Waals surface area contributed by atoms with Crippen LogP contribution in [0.2, 0.25) is 0 Å². The van der Waals surface area contributed by atoms with Gasteiger partial charge in [0.05, 0.1) is 23.3 Å². The van der Waals surface area contributed by atoms with Crippen molar-refractivity contribution in [2.75, 3.05) is 31.5 Å². The molecular weight excluding hydrogens is 469 g/mol. The van der Waals surface area contributed by atoms with Gasteiger partial charge in [0, 0.05) is 29.7 Å². The zero-order valence-electron chi connectivity index (χ0n) is 20.2. The highest BCUT2D eigenvalue weighted by atomic mass is 32.2. The van der Waals surface area contributed by atoms with Crippen LogP contribution in [0.5, 0.6) is 0 Å². The van der Waals surface area contributed by atoms with Crippen LogP contribution in [-0.2, 0) is 27.7 Å². The van der Waals surface area contributed by atoms with Crippen molar-refractivity contribution in [2.45, 2.75) is 38.1 Å². The molecule has 0 radical (unpaired) electrons. The fourth-order valence-electron chi connectivity index (χ4n) is 4.59. The molecule has 186 valence electrons. The summed E-state index contributed by atoms with van der Waals surface area (Å²) in [6.07, 6.45) is 5.35. The summed E-state index contributed by atoms with van der Waals surface area (Å²) in [6.45, 7) is 7.23. The number of sulfonamides is 1. The molecule has 0 spiro atoms. The smallest absolute Gasteiger partial charge is 0.340 e. The maximum Gasteiger partial charge on any atom is 0.340 e. The predicted molar refractivity (Wildman–Crippen MR) is 136 cm³/mol. The van der Waals surface area contributed by atoms with Crippen molar-refractivity contribution in [1.82, 2.24) is 9.47 Å². The summed E-state index contributed by atoms with van der Waals surface area (Å²) in [7, 11) is -2.88. The maximum atomic E-state index is 14.0. The van der Waals surface area contributed by atoms with Gasteiger partial charge in [0.15, 0.2) is 0 Å². The normalized spacial score (nSPS) is 13.6. The fourth-order valence-corrected chi connectivity index (χ4v) is 5.84. The first-order valence-corrected chi connectivity index (χ1v) is 13.2. The SMILES string of the molecule is CCN(CC)CC=Cc1cc(F)ccc1S(=O)(=O)Nc1ccc2c(cc3n2CCC3)c1C(=O)OC. The lowest BCUT2D eigenvalue weighted by Gasteiger charge is -2.16. The van der Waals surface area contributed by atoms with Gasteiger partial charge in [-0.3, -0.25) is 4.72 Å². The van der Waals surface area contributed by atoms with Crippen LogP contribution in [0, 0.1) is 5.82 Å². The summed E-state index contributed by atoms with van der Waals surface area (Å²) in [5.74, 6) is -1.16. The van der Waals surface area contributed by atoms with Crippen molar-refractivity contribution < 1.29 is 22.3 Å². The van der Waals surface area contributed by atoms with Gasteiger partial charge in [0.2, 0.25) is 0 Å². The lowest BCUT2D eigenvalue weighted by atomic mass is 10.1. The molecule has 1 aromatic heterocycles. The minimum absolute atomic E-state index is 0.0787. The summed E-state index contributed by atoms with van der Waals surface area (Å²) < 4.78 is 50.6. The zero-order chi connectivity index (χ0) is 25.2. The summed E-state index contributed by atoms with van der Waals surface area (Å²) in [5, 5.41) is 0.644. The molecule has 35 heavy (non-hydrogen) atoms. The van der Waals surface area contributed by atoms with Crippen molar-refractivity contribution in [1.29, 1.82) is 0 Å². The average molecular weight is 500 g/mol. The summed E-state index contributed by atoms with van der Waals surface area (Å²) in [4.78, 5) is 14.8. The average Bonchev–Trinajstić information content (AvgIpc) is 3.42. The third-order valence-corrected chi connectivity index (χ3v) is 7.88. The highest BCUT2D eigenvalue weighted by molar-refractivity contribution is 7.92. The van der Waals surface area contributed by atoms with Crippen LogP contribution >= 0.6 is 0 Å². The first kappa shape index (κ1) is 24.9. The van der Waals surface area contributed by atoms with E-state index in [1.165, 1.54) is 19.2 Å². The lowest BCUT2D eigenvalue weighted by Crippen LogP contribution is -2.22. The van der Waals surface area contributed by atoms with Crippen LogP contribution in [-0.4, -0.2) is 50.6 Å². The summed E-state index contributed by atoms with van der Waals surface area (Å²) in [5.41, 5.74) is 2.48. The molecule has 0 unspecified atom stereocenters. The molecule has 2 aromatic carbocycles. The van der Waals surface area contributed by atoms with E-state index in [4.69, 9.17) is 4.74 Å². The lowest BCUT2D eigenvalue weighted by molar-refractivity contribution is 0.0604. The van der Waals surface area contributed by atoms with E-state index in [9.17, 15) is 17.6 Å². The van der Waals surface area contributed by atoms with Crippen LogP contribution in [0.3, 0.4) is 0 Å². The number of carbonyl (C=O) groups is 1. The second-order valence-corrected chi connectivity index (χ2v) is 10.1. The fraction of sp³-hybridized carbons (Fsp3) is 0.346. The minimum atomic E-state index is -4.15. The van der Waals surface area contributed by atoms with Crippen molar-refractivity contribution in [2.24, 2.45) is 0 Å². The summed E-state index contributed by atoms with van der Waals surface area (Å²) >= 11 is 0. The van der Waals surface area contributed by atoms with E-state index in [1.807, 2.05) is 32.1 Å². The number of hydrogen-bond acceptors (Lipinski definition) is 5. The Hall–Kier alpha value is -3.17. The molecule has 9 heteroatoms. The first-order chi connectivity index (χ1) is 16.8. The number of aryl methyl sites for hydroxylation is 2. The predicted octanol–water partition coefficient (Wildman–Crippen LogP) is 4.67. The molecule has 4 rings (SSSR count). The molecular formula is C26H30FN3O4S. The van der Waals surface area contributed by atoms with E-state index in [-0.39, 0.29) is 21.7 Å². The second-order valence-electron chi connectivity index (χ2n) is 8.48. The first-order valence-electron chi connectivity index (χ1n) is 11.7. The molecule has 1 N–H and O–H groups in total. The third-order valence-electron chi connectivity index (χ3n) is 6.44. The number of carbonyl (C=O) groups excluding carboxylic acids is 1. The van der Waals surface area contributed by atoms with E-state index >= 15 is 0 Å². The van der Waals surface area contributed by atoms with Gasteiger partial charge >= 0.3 is 5.97 Å². The van der Waals surface area contributed by atoms with E-state index in [2.05, 4.69) is 14.2 Å². The largest absolute Gasteiger partial charge is 0.465 e. The van der Waals surface area contributed by atoms with Crippen molar-refractivity contribution in [3.63, 3.8) is 0 Å². The minimum Gasteiger partial charge on any atom is -0.465 e. The molecule has 1 aliphatic heterocycles. The van der Waals surface area contributed by atoms with Gasteiger partial charge in [0.25, 0.3) is 10.0 Å². The monoisotopic (exact) mass is 499 g/mol. The molecule has 0 aliphatic carbocycles. The van der Waals surface area contributed by atoms with Gasteiger partial charge in [0.1, 0.15) is 5.82 Å². The Labute approximate surface area is 205 Å². The van der Waals surface area contributed by atoms with Crippen LogP contribution in [0.4, 0.5) is 10.1 Å². The number of nitrogens with one attached hydrogen (secondary N) is 1. The van der Waals surface area contributed by atoms with Gasteiger partial charge in [-0.2, -0.15) is 0 Å². The number of rotatable bonds is 9. The Morgan fingerprint density at radius 1 is 1.20 bits per heavy atom. The number of benzene rings is 2. The van der Waals surface area contributed by atoms with Gasteiger partial charge < -0.3 is 14.2 Å². The molecule has 0 saturated heterocycles. The molecule has 0 bridgehead atoms. The van der Waals surface area contributed by atoms with E-state index in [0.29, 0.717) is 11.9 Å². The highest BCUT2D eigenvalue weighted by Crippen LogP contribution is 2.34. The van der Waals surface area contributed by atoms with Gasteiger partial charge in [-0.15, -0.1) is 0 Å². The van der Waals surface area contributed by atoms with E-state index < -0.39 is 21.8 Å². The van der Waals surface area contributed by atoms with Gasteiger partial charge in [-0.05, 0) is 67.9 Å². The highest BCUT2D eigenvalue weighted by Gasteiger charge is 2.26. The van der Waals surface area contributed by atoms with Crippen LogP contribution in [0.15, 0.2) is 47.4 Å². The quantitative estimate of drug-likeness (QED) is 0.433. The molecule has 1 aliphatic rings. The molecule has 0 amide bonds. The van der Waals surface area contributed by atoms with Crippen LogP contribution in [0.1, 0.15) is 41.9 Å². The third kappa shape index (κ3) is 4.97. The second kappa shape index (κ2) is 10.2. The molecule has 2 heterocycles. The number of nitrogens with zero attached hydrogens (tertiary/aromatic N) is 2. The van der Waals surface area contributed by atoms with E-state index in [1.54, 1.807) is 12.1 Å². The molecule has 3 aromatic rings. The standard InChI is InChI=1S/C26H30FN3O4S/c1-4-29(5-2)14-6-8-18-16-19(27)10-13-24(18)35(32,33)28-22-11-12-23-21(25(22)26(31)34-3)17-20-9-7-15-30(20)23/h6,8,10-13,16-17,28H,4-5,7,9,14-15H2,1-3H3. The number of halogens is 1. The number of anilines is 1. The van der Waals surface area contributed by atoms with Gasteiger partial charge in [-0.25, -0.2) is 17.6 Å². The number of esters is 1. The number of ether oxygens (including phenoxy) is 1. The molecule has 7 nitrogen and oxygen atoms in total. The number of methoxy groups -OCH3 is 1. The van der Waals surface area contributed by atoms with Crippen molar-refractivity contribution in [3.8, 4) is 0 Å². The van der Waals surface area contributed by atoms with Crippen LogP contribution < -0.4 is 4.72 Å². The van der Waals surface area contributed by atoms with Crippen molar-refractivity contribution in [3.05, 3.63) is 65.1 Å². The Morgan fingerprint density at radius 2 is 1.97 bits per heavy atom.